The molecule has 31 heavy (non-hydrogen) atoms. The number of hydrogen-bond acceptors (Lipinski definition) is 5. The Morgan fingerprint density at radius 3 is 2.48 bits per heavy atom. The minimum Gasteiger partial charge on any atom is -0.339 e. The minimum absolute atomic E-state index is 0.00354. The Morgan fingerprint density at radius 2 is 1.77 bits per heavy atom. The van der Waals surface area contributed by atoms with E-state index in [0.29, 0.717) is 43.5 Å². The summed E-state index contributed by atoms with van der Waals surface area (Å²) in [6.45, 7) is 3.90. The molecule has 1 aromatic carbocycles. The predicted molar refractivity (Wildman–Crippen MR) is 114 cm³/mol. The number of rotatable bonds is 3. The number of nitrogens with one attached hydrogen (secondary N) is 1. The van der Waals surface area contributed by atoms with Gasteiger partial charge in [-0.05, 0) is 31.9 Å². The maximum Gasteiger partial charge on any atom is 0.317 e. The Bertz CT molecular complexity index is 955. The van der Waals surface area contributed by atoms with Crippen molar-refractivity contribution in [2.45, 2.75) is 50.5 Å². The molecule has 0 bridgehead atoms. The van der Waals surface area contributed by atoms with Crippen LogP contribution in [-0.4, -0.2) is 64.1 Å². The average Bonchev–Trinajstić information content (AvgIpc) is 3.47. The number of urea groups is 1. The molecule has 3 amide bonds. The Hall–Kier alpha value is -2.90. The van der Waals surface area contributed by atoms with Crippen molar-refractivity contribution in [1.29, 1.82) is 0 Å². The Balaban J connectivity index is 1.36. The fourth-order valence-electron chi connectivity index (χ4n) is 5.45. The number of hydrogen-bond donors (Lipinski definition) is 1. The molecular formula is C23H29N5O3. The van der Waals surface area contributed by atoms with E-state index in [1.807, 2.05) is 40.1 Å². The summed E-state index contributed by atoms with van der Waals surface area (Å²) in [5.41, 5.74) is 0.154. The fraction of sp³-hybridized carbons (Fsp3) is 0.565. The summed E-state index contributed by atoms with van der Waals surface area (Å²) < 4.78 is 5.61. The molecule has 1 saturated carbocycles. The van der Waals surface area contributed by atoms with E-state index in [-0.39, 0.29) is 23.9 Å². The lowest BCUT2D eigenvalue weighted by atomic mass is 9.81. The third kappa shape index (κ3) is 3.68. The number of benzene rings is 1. The standard InChI is InChI=1S/C23H29N5O3/c1-16-24-21(31-26-16)23-14-27(20(29)17-8-4-2-5-9-17)12-18(23)13-28(15-23)22(30)25-19-10-6-3-7-11-19/h2,4-5,8-9,18-19H,3,6-7,10-15H2,1H3,(H,25,30)/t18-,23-/m1/s1. The first-order chi connectivity index (χ1) is 15.0. The summed E-state index contributed by atoms with van der Waals surface area (Å²) in [4.78, 5) is 34.4. The predicted octanol–water partition coefficient (Wildman–Crippen LogP) is 2.75. The van der Waals surface area contributed by atoms with Crippen LogP contribution < -0.4 is 5.32 Å². The van der Waals surface area contributed by atoms with Crippen LogP contribution in [-0.2, 0) is 5.41 Å². The van der Waals surface area contributed by atoms with E-state index in [4.69, 9.17) is 4.52 Å². The van der Waals surface area contributed by atoms with Crippen molar-refractivity contribution in [2.75, 3.05) is 26.2 Å². The van der Waals surface area contributed by atoms with Crippen molar-refractivity contribution < 1.29 is 14.1 Å². The Morgan fingerprint density at radius 1 is 1.06 bits per heavy atom. The molecular weight excluding hydrogens is 394 g/mol. The molecule has 1 aliphatic carbocycles. The molecule has 2 saturated heterocycles. The van der Waals surface area contributed by atoms with Crippen molar-refractivity contribution in [3.05, 3.63) is 47.6 Å². The summed E-state index contributed by atoms with van der Waals surface area (Å²) in [5, 5.41) is 7.22. The molecule has 0 unspecified atom stereocenters. The second-order valence-electron chi connectivity index (χ2n) is 9.22. The molecule has 1 N–H and O–H groups in total. The SMILES string of the molecule is Cc1noc([C@]23CN(C(=O)NC4CCCCC4)C[C@H]2CN(C(=O)c2ccccc2)C3)n1. The minimum atomic E-state index is -0.518. The molecule has 2 aliphatic heterocycles. The normalized spacial score (nSPS) is 26.2. The molecule has 8 heteroatoms. The number of nitrogens with zero attached hydrogens (tertiary/aromatic N) is 4. The lowest BCUT2D eigenvalue weighted by molar-refractivity contribution is 0.0770. The van der Waals surface area contributed by atoms with Crippen molar-refractivity contribution in [3.8, 4) is 0 Å². The number of aromatic nitrogens is 2. The Labute approximate surface area is 182 Å². The number of likely N-dealkylation sites (tertiary alicyclic amines) is 2. The Kier molecular flexibility index (Phi) is 5.16. The van der Waals surface area contributed by atoms with Crippen molar-refractivity contribution >= 4 is 11.9 Å². The molecule has 8 nitrogen and oxygen atoms in total. The van der Waals surface area contributed by atoms with Gasteiger partial charge >= 0.3 is 6.03 Å². The molecule has 5 rings (SSSR count). The topological polar surface area (TPSA) is 91.6 Å². The highest BCUT2D eigenvalue weighted by molar-refractivity contribution is 5.94. The lowest BCUT2D eigenvalue weighted by Gasteiger charge is -2.28. The van der Waals surface area contributed by atoms with E-state index in [1.165, 1.54) is 19.3 Å². The van der Waals surface area contributed by atoms with Crippen LogP contribution in [0.1, 0.15) is 54.2 Å². The van der Waals surface area contributed by atoms with Gasteiger partial charge in [-0.15, -0.1) is 0 Å². The van der Waals surface area contributed by atoms with Crippen molar-refractivity contribution in [2.24, 2.45) is 5.92 Å². The first kappa shape index (κ1) is 20.0. The summed E-state index contributed by atoms with van der Waals surface area (Å²) in [7, 11) is 0. The van der Waals surface area contributed by atoms with Gasteiger partial charge in [0.15, 0.2) is 5.82 Å². The highest BCUT2D eigenvalue weighted by atomic mass is 16.5. The van der Waals surface area contributed by atoms with Gasteiger partial charge in [0.05, 0.1) is 5.41 Å². The third-order valence-electron chi connectivity index (χ3n) is 7.09. The van der Waals surface area contributed by atoms with Gasteiger partial charge in [0, 0.05) is 43.7 Å². The van der Waals surface area contributed by atoms with Gasteiger partial charge < -0.3 is 19.6 Å². The zero-order chi connectivity index (χ0) is 21.4. The average molecular weight is 424 g/mol. The number of aryl methyl sites for hydroxylation is 1. The highest BCUT2D eigenvalue weighted by Crippen LogP contribution is 2.44. The van der Waals surface area contributed by atoms with Crippen LogP contribution in [0.5, 0.6) is 0 Å². The van der Waals surface area contributed by atoms with Gasteiger partial charge in [-0.2, -0.15) is 4.98 Å². The van der Waals surface area contributed by atoms with Crippen molar-refractivity contribution in [3.63, 3.8) is 0 Å². The second kappa shape index (κ2) is 7.98. The zero-order valence-electron chi connectivity index (χ0n) is 17.9. The van der Waals surface area contributed by atoms with Crippen LogP contribution in [0.3, 0.4) is 0 Å². The molecule has 3 aliphatic rings. The van der Waals surface area contributed by atoms with Gasteiger partial charge in [0.1, 0.15) is 0 Å². The highest BCUT2D eigenvalue weighted by Gasteiger charge is 2.58. The van der Waals surface area contributed by atoms with E-state index in [9.17, 15) is 9.59 Å². The quantitative estimate of drug-likeness (QED) is 0.820. The van der Waals surface area contributed by atoms with Gasteiger partial charge in [-0.25, -0.2) is 4.79 Å². The van der Waals surface area contributed by atoms with Crippen LogP contribution in [0, 0.1) is 12.8 Å². The number of carbonyl (C=O) groups is 2. The summed E-state index contributed by atoms with van der Waals surface area (Å²) in [6.07, 6.45) is 5.71. The van der Waals surface area contributed by atoms with E-state index >= 15 is 0 Å². The largest absolute Gasteiger partial charge is 0.339 e. The molecule has 0 spiro atoms. The van der Waals surface area contributed by atoms with E-state index in [0.717, 1.165) is 12.8 Å². The van der Waals surface area contributed by atoms with Gasteiger partial charge in [0.25, 0.3) is 5.91 Å². The maximum atomic E-state index is 13.1. The number of amides is 3. The number of fused-ring (bicyclic) bond motifs is 1. The van der Waals surface area contributed by atoms with Crippen LogP contribution in [0.25, 0.3) is 0 Å². The smallest absolute Gasteiger partial charge is 0.317 e. The fourth-order valence-corrected chi connectivity index (χ4v) is 5.45. The molecule has 2 atom stereocenters. The van der Waals surface area contributed by atoms with Crippen LogP contribution >= 0.6 is 0 Å². The first-order valence-corrected chi connectivity index (χ1v) is 11.3. The summed E-state index contributed by atoms with van der Waals surface area (Å²) in [6, 6.07) is 9.57. The van der Waals surface area contributed by atoms with Gasteiger partial charge in [-0.1, -0.05) is 42.6 Å². The van der Waals surface area contributed by atoms with E-state index in [1.54, 1.807) is 6.92 Å². The van der Waals surface area contributed by atoms with E-state index in [2.05, 4.69) is 15.5 Å². The number of carbonyl (C=O) groups excluding carboxylic acids is 2. The van der Waals surface area contributed by atoms with E-state index < -0.39 is 5.41 Å². The maximum absolute atomic E-state index is 13.1. The first-order valence-electron chi connectivity index (χ1n) is 11.3. The zero-order valence-corrected chi connectivity index (χ0v) is 17.9. The third-order valence-corrected chi connectivity index (χ3v) is 7.09. The van der Waals surface area contributed by atoms with Crippen LogP contribution in [0.15, 0.2) is 34.9 Å². The lowest BCUT2D eigenvalue weighted by Crippen LogP contribution is -2.47. The summed E-state index contributed by atoms with van der Waals surface area (Å²) in [5.74, 6) is 1.17. The molecule has 3 fully saturated rings. The van der Waals surface area contributed by atoms with Crippen molar-refractivity contribution in [1.82, 2.24) is 25.3 Å². The van der Waals surface area contributed by atoms with Crippen LogP contribution in [0.2, 0.25) is 0 Å². The molecule has 3 heterocycles. The monoisotopic (exact) mass is 423 g/mol. The van der Waals surface area contributed by atoms with Gasteiger partial charge in [-0.3, -0.25) is 4.79 Å². The second-order valence-corrected chi connectivity index (χ2v) is 9.22. The molecule has 1 aromatic heterocycles. The van der Waals surface area contributed by atoms with Gasteiger partial charge in [0.2, 0.25) is 5.89 Å². The van der Waals surface area contributed by atoms with Crippen LogP contribution in [0.4, 0.5) is 4.79 Å². The molecule has 0 radical (unpaired) electrons. The summed E-state index contributed by atoms with van der Waals surface area (Å²) >= 11 is 0. The molecule has 164 valence electrons. The molecule has 2 aromatic rings.